The second-order valence-electron chi connectivity index (χ2n) is 5.11. The summed E-state index contributed by atoms with van der Waals surface area (Å²) in [6, 6.07) is 10.2. The molecule has 1 aromatic heterocycles. The average molecular weight is 361 g/mol. The van der Waals surface area contributed by atoms with Crippen molar-refractivity contribution in [1.82, 2.24) is 10.2 Å². The van der Waals surface area contributed by atoms with Crippen LogP contribution in [0.2, 0.25) is 0 Å². The van der Waals surface area contributed by atoms with Crippen molar-refractivity contribution in [3.05, 3.63) is 70.2 Å². The summed E-state index contributed by atoms with van der Waals surface area (Å²) >= 11 is 1.16. The molecule has 8 heteroatoms. The van der Waals surface area contributed by atoms with E-state index < -0.39 is 17.5 Å². The van der Waals surface area contributed by atoms with Crippen molar-refractivity contribution in [3.63, 3.8) is 0 Å². The van der Waals surface area contributed by atoms with Gasteiger partial charge in [-0.2, -0.15) is 0 Å². The third-order valence-electron chi connectivity index (χ3n) is 3.35. The van der Waals surface area contributed by atoms with Crippen molar-refractivity contribution in [3.8, 4) is 5.75 Å². The Kier molecular flexibility index (Phi) is 4.99. The molecule has 3 rings (SSSR count). The van der Waals surface area contributed by atoms with Gasteiger partial charge >= 0.3 is 0 Å². The Morgan fingerprint density at radius 2 is 2.04 bits per heavy atom. The lowest BCUT2D eigenvalue weighted by molar-refractivity contribution is 0.102. The minimum atomic E-state index is -0.806. The highest BCUT2D eigenvalue weighted by atomic mass is 32.1. The number of benzene rings is 2. The van der Waals surface area contributed by atoms with Crippen LogP contribution in [0.3, 0.4) is 0 Å². The zero-order valence-electron chi connectivity index (χ0n) is 13.1. The van der Waals surface area contributed by atoms with E-state index in [-0.39, 0.29) is 10.7 Å². The molecule has 0 saturated carbocycles. The first kappa shape index (κ1) is 17.0. The number of rotatable bonds is 5. The molecule has 0 bridgehead atoms. The molecule has 0 atom stereocenters. The number of hydrogen-bond donors (Lipinski definition) is 1. The van der Waals surface area contributed by atoms with Crippen LogP contribution in [0, 0.1) is 11.6 Å². The highest BCUT2D eigenvalue weighted by molar-refractivity contribution is 7.15. The molecule has 128 valence electrons. The van der Waals surface area contributed by atoms with Crippen molar-refractivity contribution in [2.24, 2.45) is 0 Å². The van der Waals surface area contributed by atoms with Gasteiger partial charge in [-0.15, -0.1) is 10.2 Å². The summed E-state index contributed by atoms with van der Waals surface area (Å²) in [5.74, 6) is -1.54. The molecular formula is C17H13F2N3O2S. The molecule has 0 spiro atoms. The van der Waals surface area contributed by atoms with Crippen LogP contribution < -0.4 is 10.1 Å². The molecule has 0 aliphatic rings. The van der Waals surface area contributed by atoms with Crippen LogP contribution in [-0.4, -0.2) is 23.2 Å². The summed E-state index contributed by atoms with van der Waals surface area (Å²) in [4.78, 5) is 12.0. The molecule has 0 aliphatic carbocycles. The second-order valence-corrected chi connectivity index (χ2v) is 6.17. The summed E-state index contributed by atoms with van der Waals surface area (Å²) in [6.07, 6.45) is 0.513. The van der Waals surface area contributed by atoms with E-state index in [1.54, 1.807) is 7.11 Å². The fourth-order valence-electron chi connectivity index (χ4n) is 2.17. The fourth-order valence-corrected chi connectivity index (χ4v) is 2.94. The van der Waals surface area contributed by atoms with Gasteiger partial charge in [0.2, 0.25) is 5.13 Å². The number of methoxy groups -OCH3 is 1. The summed E-state index contributed by atoms with van der Waals surface area (Å²) in [6.45, 7) is 0. The van der Waals surface area contributed by atoms with Gasteiger partial charge in [0.1, 0.15) is 22.4 Å². The molecular weight excluding hydrogens is 348 g/mol. The van der Waals surface area contributed by atoms with Crippen molar-refractivity contribution in [2.75, 3.05) is 12.4 Å². The summed E-state index contributed by atoms with van der Waals surface area (Å²) in [5, 5.41) is 11.2. The first-order valence-electron chi connectivity index (χ1n) is 7.27. The largest absolute Gasteiger partial charge is 0.497 e. The first-order chi connectivity index (χ1) is 12.0. The van der Waals surface area contributed by atoms with Crippen LogP contribution >= 0.6 is 11.3 Å². The molecule has 0 unspecified atom stereocenters. The summed E-state index contributed by atoms with van der Waals surface area (Å²) < 4.78 is 32.0. The highest BCUT2D eigenvalue weighted by Gasteiger charge is 2.15. The minimum Gasteiger partial charge on any atom is -0.497 e. The van der Waals surface area contributed by atoms with Crippen LogP contribution in [0.1, 0.15) is 20.9 Å². The van der Waals surface area contributed by atoms with Gasteiger partial charge in [0.05, 0.1) is 12.7 Å². The topological polar surface area (TPSA) is 64.1 Å². The predicted molar refractivity (Wildman–Crippen MR) is 90.0 cm³/mol. The average Bonchev–Trinajstić information content (AvgIpc) is 3.04. The predicted octanol–water partition coefficient (Wildman–Crippen LogP) is 3.67. The number of anilines is 1. The molecule has 2 aromatic carbocycles. The Bertz CT molecular complexity index is 914. The number of aromatic nitrogens is 2. The lowest BCUT2D eigenvalue weighted by Crippen LogP contribution is -2.13. The lowest BCUT2D eigenvalue weighted by Gasteiger charge is -2.03. The zero-order chi connectivity index (χ0) is 17.8. The van der Waals surface area contributed by atoms with E-state index in [0.717, 1.165) is 40.8 Å². The van der Waals surface area contributed by atoms with Gasteiger partial charge in [0.15, 0.2) is 0 Å². The molecule has 1 amide bonds. The molecule has 0 saturated heterocycles. The minimum absolute atomic E-state index is 0.214. The molecule has 3 aromatic rings. The van der Waals surface area contributed by atoms with Crippen LogP contribution in [0.4, 0.5) is 13.9 Å². The maximum atomic E-state index is 13.6. The normalized spacial score (nSPS) is 10.5. The molecule has 1 N–H and O–H groups in total. The van der Waals surface area contributed by atoms with E-state index >= 15 is 0 Å². The highest BCUT2D eigenvalue weighted by Crippen LogP contribution is 2.22. The number of amides is 1. The maximum absolute atomic E-state index is 13.6. The molecule has 0 fully saturated rings. The smallest absolute Gasteiger partial charge is 0.260 e. The van der Waals surface area contributed by atoms with E-state index in [9.17, 15) is 13.6 Å². The SMILES string of the molecule is COc1cccc(Cc2nnc(NC(=O)c3cc(F)ccc3F)s2)c1. The fraction of sp³-hybridized carbons (Fsp3) is 0.118. The summed E-state index contributed by atoms with van der Waals surface area (Å²) in [7, 11) is 1.59. The van der Waals surface area contributed by atoms with Crippen LogP contribution in [0.15, 0.2) is 42.5 Å². The van der Waals surface area contributed by atoms with Gasteiger partial charge < -0.3 is 4.74 Å². The number of ether oxygens (including phenoxy) is 1. The number of carbonyl (C=O) groups is 1. The van der Waals surface area contributed by atoms with E-state index in [1.807, 2.05) is 24.3 Å². The van der Waals surface area contributed by atoms with Crippen molar-refractivity contribution in [1.29, 1.82) is 0 Å². The second kappa shape index (κ2) is 7.35. The standard InChI is InChI=1S/C17H13F2N3O2S/c1-24-12-4-2-3-10(7-12)8-15-21-22-17(25-15)20-16(23)13-9-11(18)5-6-14(13)19/h2-7,9H,8H2,1H3,(H,20,22,23). The number of halogens is 2. The Balaban J connectivity index is 1.71. The monoisotopic (exact) mass is 361 g/mol. The molecule has 5 nitrogen and oxygen atoms in total. The third-order valence-corrected chi connectivity index (χ3v) is 4.19. The Hall–Kier alpha value is -2.87. The van der Waals surface area contributed by atoms with E-state index in [4.69, 9.17) is 4.74 Å². The van der Waals surface area contributed by atoms with Gasteiger partial charge in [-0.25, -0.2) is 8.78 Å². The van der Waals surface area contributed by atoms with Gasteiger partial charge in [-0.05, 0) is 35.9 Å². The van der Waals surface area contributed by atoms with Gasteiger partial charge in [-0.1, -0.05) is 23.5 Å². The number of nitrogens with zero attached hydrogens (tertiary/aromatic N) is 2. The molecule has 0 aliphatic heterocycles. The van der Waals surface area contributed by atoms with Gasteiger partial charge in [0.25, 0.3) is 5.91 Å². The Morgan fingerprint density at radius 1 is 1.20 bits per heavy atom. The quantitative estimate of drug-likeness (QED) is 0.753. The van der Waals surface area contributed by atoms with Crippen LogP contribution in [0.25, 0.3) is 0 Å². The Labute approximate surface area is 146 Å². The molecule has 0 radical (unpaired) electrons. The first-order valence-corrected chi connectivity index (χ1v) is 8.08. The third kappa shape index (κ3) is 4.16. The van der Waals surface area contributed by atoms with E-state index in [0.29, 0.717) is 11.4 Å². The van der Waals surface area contributed by atoms with Crippen LogP contribution in [-0.2, 0) is 6.42 Å². The van der Waals surface area contributed by atoms with Crippen molar-refractivity contribution < 1.29 is 18.3 Å². The number of nitrogens with one attached hydrogen (secondary N) is 1. The number of carbonyl (C=O) groups excluding carboxylic acids is 1. The van der Waals surface area contributed by atoms with Gasteiger partial charge in [-0.3, -0.25) is 10.1 Å². The lowest BCUT2D eigenvalue weighted by atomic mass is 10.1. The maximum Gasteiger partial charge on any atom is 0.260 e. The van der Waals surface area contributed by atoms with E-state index in [2.05, 4.69) is 15.5 Å². The van der Waals surface area contributed by atoms with Crippen molar-refractivity contribution >= 4 is 22.4 Å². The van der Waals surface area contributed by atoms with Gasteiger partial charge in [0, 0.05) is 6.42 Å². The molecule has 25 heavy (non-hydrogen) atoms. The zero-order valence-corrected chi connectivity index (χ0v) is 13.9. The van der Waals surface area contributed by atoms with Crippen LogP contribution in [0.5, 0.6) is 5.75 Å². The van der Waals surface area contributed by atoms with E-state index in [1.165, 1.54) is 0 Å². The van der Waals surface area contributed by atoms with Crippen molar-refractivity contribution in [2.45, 2.75) is 6.42 Å². The summed E-state index contributed by atoms with van der Waals surface area (Å²) in [5.41, 5.74) is 0.592. The molecule has 1 heterocycles. The Morgan fingerprint density at radius 3 is 2.84 bits per heavy atom. The number of hydrogen-bond acceptors (Lipinski definition) is 5.